The quantitative estimate of drug-likeness (QED) is 0.820. The number of ether oxygens (including phenoxy) is 2. The molecule has 0 aliphatic heterocycles. The lowest BCUT2D eigenvalue weighted by Gasteiger charge is -2.21. The monoisotopic (exact) mass is 320 g/mol. The van der Waals surface area contributed by atoms with Crippen molar-refractivity contribution < 1.29 is 14.3 Å². The van der Waals surface area contributed by atoms with Crippen molar-refractivity contribution >= 4 is 17.2 Å². The number of aryl methyl sites for hydroxylation is 1. The predicted octanol–water partition coefficient (Wildman–Crippen LogP) is 3.13. The fourth-order valence-corrected chi connectivity index (χ4v) is 2.95. The van der Waals surface area contributed by atoms with Gasteiger partial charge in [0.25, 0.3) is 5.91 Å². The van der Waals surface area contributed by atoms with Gasteiger partial charge >= 0.3 is 0 Å². The van der Waals surface area contributed by atoms with Crippen LogP contribution >= 0.6 is 11.3 Å². The number of hydrogen-bond donors (Lipinski definition) is 0. The van der Waals surface area contributed by atoms with Crippen molar-refractivity contribution in [1.29, 1.82) is 0 Å². The Labute approximate surface area is 134 Å². The number of rotatable bonds is 6. The van der Waals surface area contributed by atoms with Crippen LogP contribution in [0.5, 0.6) is 11.5 Å². The van der Waals surface area contributed by atoms with Crippen LogP contribution in [0.3, 0.4) is 0 Å². The highest BCUT2D eigenvalue weighted by atomic mass is 32.1. The van der Waals surface area contributed by atoms with Crippen molar-refractivity contribution in [2.24, 2.45) is 0 Å². The summed E-state index contributed by atoms with van der Waals surface area (Å²) in [5.41, 5.74) is 3.48. The van der Waals surface area contributed by atoms with Gasteiger partial charge in [0.15, 0.2) is 11.5 Å². The first-order valence-corrected chi connectivity index (χ1v) is 7.88. The minimum atomic E-state index is 0.0114. The lowest BCUT2D eigenvalue weighted by atomic mass is 10.2. The van der Waals surface area contributed by atoms with Crippen molar-refractivity contribution in [2.75, 3.05) is 20.8 Å². The first-order valence-electron chi connectivity index (χ1n) is 7.01. The largest absolute Gasteiger partial charge is 0.493 e. The molecule has 22 heavy (non-hydrogen) atoms. The molecular weight excluding hydrogens is 300 g/mol. The molecule has 0 bridgehead atoms. The molecule has 6 heteroatoms. The molecule has 0 spiro atoms. The van der Waals surface area contributed by atoms with Crippen molar-refractivity contribution in [3.8, 4) is 11.5 Å². The Morgan fingerprint density at radius 1 is 1.27 bits per heavy atom. The summed E-state index contributed by atoms with van der Waals surface area (Å²) < 4.78 is 10.5. The van der Waals surface area contributed by atoms with E-state index in [9.17, 15) is 4.79 Å². The van der Waals surface area contributed by atoms with Gasteiger partial charge in [-0.25, -0.2) is 4.98 Å². The van der Waals surface area contributed by atoms with Crippen LogP contribution in [0.1, 0.15) is 27.9 Å². The number of amides is 1. The maximum atomic E-state index is 12.6. The Morgan fingerprint density at radius 3 is 2.55 bits per heavy atom. The van der Waals surface area contributed by atoms with Gasteiger partial charge in [0.05, 0.1) is 25.4 Å². The Bertz CT molecular complexity index is 655. The van der Waals surface area contributed by atoms with Crippen LogP contribution in [0.15, 0.2) is 23.7 Å². The van der Waals surface area contributed by atoms with Gasteiger partial charge in [-0.15, -0.1) is 11.3 Å². The molecule has 1 heterocycles. The smallest absolute Gasteiger partial charge is 0.266 e. The number of thiazole rings is 1. The molecule has 1 amide bonds. The zero-order chi connectivity index (χ0) is 16.1. The van der Waals surface area contributed by atoms with Gasteiger partial charge in [-0.1, -0.05) is 6.07 Å². The molecular formula is C16H20N2O3S. The zero-order valence-corrected chi connectivity index (χ0v) is 14.1. The van der Waals surface area contributed by atoms with Gasteiger partial charge in [0, 0.05) is 13.1 Å². The van der Waals surface area contributed by atoms with Gasteiger partial charge in [-0.3, -0.25) is 4.79 Å². The van der Waals surface area contributed by atoms with E-state index in [1.165, 1.54) is 11.3 Å². The second kappa shape index (κ2) is 7.26. The third-order valence-corrected chi connectivity index (χ3v) is 4.35. The fourth-order valence-electron chi connectivity index (χ4n) is 2.18. The molecule has 0 fully saturated rings. The number of nitrogens with zero attached hydrogens (tertiary/aromatic N) is 2. The molecule has 0 aliphatic rings. The van der Waals surface area contributed by atoms with Gasteiger partial charge in [-0.05, 0) is 31.5 Å². The SMILES string of the molecule is CCN(Cc1ccc(OC)c(OC)c1)C(=O)c1scnc1C. The van der Waals surface area contributed by atoms with Gasteiger partial charge in [-0.2, -0.15) is 0 Å². The number of benzene rings is 1. The molecule has 2 aromatic rings. The summed E-state index contributed by atoms with van der Waals surface area (Å²) in [5, 5.41) is 0. The maximum absolute atomic E-state index is 12.6. The Balaban J connectivity index is 2.20. The molecule has 0 aliphatic carbocycles. The van der Waals surface area contributed by atoms with E-state index in [2.05, 4.69) is 4.98 Å². The Morgan fingerprint density at radius 2 is 2.00 bits per heavy atom. The van der Waals surface area contributed by atoms with E-state index in [-0.39, 0.29) is 5.91 Å². The van der Waals surface area contributed by atoms with Gasteiger partial charge in [0.1, 0.15) is 4.88 Å². The van der Waals surface area contributed by atoms with Crippen LogP contribution in [0.2, 0.25) is 0 Å². The Kier molecular flexibility index (Phi) is 5.38. The zero-order valence-electron chi connectivity index (χ0n) is 13.3. The second-order valence-corrected chi connectivity index (χ2v) is 5.63. The third-order valence-electron chi connectivity index (χ3n) is 3.43. The second-order valence-electron chi connectivity index (χ2n) is 4.78. The standard InChI is InChI=1S/C16H20N2O3S/c1-5-18(16(19)15-11(2)17-10-22-15)9-12-6-7-13(20-3)14(8-12)21-4/h6-8,10H,5,9H2,1-4H3. The highest BCUT2D eigenvalue weighted by Gasteiger charge is 2.19. The van der Waals surface area contributed by atoms with E-state index < -0.39 is 0 Å². The average Bonchev–Trinajstić information content (AvgIpc) is 2.97. The van der Waals surface area contributed by atoms with Crippen molar-refractivity contribution in [2.45, 2.75) is 20.4 Å². The van der Waals surface area contributed by atoms with E-state index >= 15 is 0 Å². The molecule has 2 rings (SSSR count). The molecule has 1 aromatic heterocycles. The van der Waals surface area contributed by atoms with Crippen LogP contribution in [0.4, 0.5) is 0 Å². The van der Waals surface area contributed by atoms with Crippen LogP contribution in [0.25, 0.3) is 0 Å². The van der Waals surface area contributed by atoms with E-state index in [0.717, 1.165) is 11.3 Å². The molecule has 5 nitrogen and oxygen atoms in total. The summed E-state index contributed by atoms with van der Waals surface area (Å²) in [6, 6.07) is 5.69. The average molecular weight is 320 g/mol. The van der Waals surface area contributed by atoms with Crippen LogP contribution < -0.4 is 9.47 Å². The minimum Gasteiger partial charge on any atom is -0.493 e. The van der Waals surface area contributed by atoms with E-state index in [4.69, 9.17) is 9.47 Å². The summed E-state index contributed by atoms with van der Waals surface area (Å²) in [6.45, 7) is 4.97. The maximum Gasteiger partial charge on any atom is 0.266 e. The minimum absolute atomic E-state index is 0.0114. The first kappa shape index (κ1) is 16.3. The molecule has 0 saturated carbocycles. The third kappa shape index (κ3) is 3.39. The number of carbonyl (C=O) groups is 1. The van der Waals surface area contributed by atoms with Crippen molar-refractivity contribution in [3.63, 3.8) is 0 Å². The van der Waals surface area contributed by atoms with E-state index in [1.807, 2.05) is 32.0 Å². The molecule has 0 N–H and O–H groups in total. The summed E-state index contributed by atoms with van der Waals surface area (Å²) in [6.07, 6.45) is 0. The van der Waals surface area contributed by atoms with Gasteiger partial charge in [0.2, 0.25) is 0 Å². The van der Waals surface area contributed by atoms with Crippen molar-refractivity contribution in [1.82, 2.24) is 9.88 Å². The van der Waals surface area contributed by atoms with Crippen LogP contribution in [0, 0.1) is 6.92 Å². The summed E-state index contributed by atoms with van der Waals surface area (Å²) in [5.74, 6) is 1.36. The van der Waals surface area contributed by atoms with Gasteiger partial charge < -0.3 is 14.4 Å². The van der Waals surface area contributed by atoms with Crippen LogP contribution in [-0.2, 0) is 6.54 Å². The number of aromatic nitrogens is 1. The summed E-state index contributed by atoms with van der Waals surface area (Å²) in [4.78, 5) is 19.2. The molecule has 0 saturated heterocycles. The lowest BCUT2D eigenvalue weighted by molar-refractivity contribution is 0.0756. The Hall–Kier alpha value is -2.08. The lowest BCUT2D eigenvalue weighted by Crippen LogP contribution is -2.30. The van der Waals surface area contributed by atoms with E-state index in [0.29, 0.717) is 29.5 Å². The summed E-state index contributed by atoms with van der Waals surface area (Å²) in [7, 11) is 3.21. The molecule has 0 unspecified atom stereocenters. The number of carbonyl (C=O) groups excluding carboxylic acids is 1. The highest BCUT2D eigenvalue weighted by Crippen LogP contribution is 2.28. The fraction of sp³-hybridized carbons (Fsp3) is 0.375. The molecule has 1 aromatic carbocycles. The number of hydrogen-bond acceptors (Lipinski definition) is 5. The van der Waals surface area contributed by atoms with E-state index in [1.54, 1.807) is 24.6 Å². The molecule has 0 atom stereocenters. The molecule has 118 valence electrons. The number of methoxy groups -OCH3 is 2. The normalized spacial score (nSPS) is 10.4. The first-order chi connectivity index (χ1) is 10.6. The topological polar surface area (TPSA) is 51.7 Å². The van der Waals surface area contributed by atoms with Crippen molar-refractivity contribution in [3.05, 3.63) is 39.8 Å². The molecule has 0 radical (unpaired) electrons. The predicted molar refractivity (Wildman–Crippen MR) is 86.8 cm³/mol. The van der Waals surface area contributed by atoms with Crippen LogP contribution in [-0.4, -0.2) is 36.6 Å². The summed E-state index contributed by atoms with van der Waals surface area (Å²) >= 11 is 1.38. The highest BCUT2D eigenvalue weighted by molar-refractivity contribution is 7.11.